The van der Waals surface area contributed by atoms with Crippen molar-refractivity contribution in [2.75, 3.05) is 12.4 Å². The highest BCUT2D eigenvalue weighted by atomic mass is 35.5. The Bertz CT molecular complexity index is 1130. The van der Waals surface area contributed by atoms with Gasteiger partial charge in [0, 0.05) is 11.6 Å². The number of hydrogen-bond donors (Lipinski definition) is 2. The van der Waals surface area contributed by atoms with Gasteiger partial charge in [-0.25, -0.2) is 0 Å². The summed E-state index contributed by atoms with van der Waals surface area (Å²) in [4.78, 5) is 41.9. The van der Waals surface area contributed by atoms with Crippen molar-refractivity contribution in [1.82, 2.24) is 10.2 Å². The summed E-state index contributed by atoms with van der Waals surface area (Å²) in [5, 5.41) is 6.67. The first-order valence-corrected chi connectivity index (χ1v) is 11.0. The van der Waals surface area contributed by atoms with Crippen molar-refractivity contribution < 1.29 is 19.1 Å². The molecular weight excluding hydrogens is 430 g/mol. The van der Waals surface area contributed by atoms with Crippen LogP contribution in [0, 0.1) is 17.8 Å². The van der Waals surface area contributed by atoms with Gasteiger partial charge in [-0.05, 0) is 29.7 Å². The molecule has 32 heavy (non-hydrogen) atoms. The molecule has 2 aromatic rings. The number of imide groups is 1. The molecule has 1 spiro atoms. The maximum atomic E-state index is 13.7. The number of hydrogen-bond acceptors (Lipinski definition) is 5. The molecule has 0 radical (unpaired) electrons. The highest BCUT2D eigenvalue weighted by Crippen LogP contribution is 2.55. The van der Waals surface area contributed by atoms with E-state index in [-0.39, 0.29) is 36.2 Å². The molecule has 2 saturated heterocycles. The SMILES string of the molecule is COc1ccc(CN2C(=O)[C@@H]3[C@H](C(C)C)N[C@]4(C(=O)Nc5c(Cl)cccc54)[C@H]3C2=O)cc1. The van der Waals surface area contributed by atoms with Crippen LogP contribution < -0.4 is 15.4 Å². The first kappa shape index (κ1) is 21.0. The summed E-state index contributed by atoms with van der Waals surface area (Å²) in [6, 6.07) is 12.2. The van der Waals surface area contributed by atoms with Gasteiger partial charge in [0.1, 0.15) is 11.3 Å². The van der Waals surface area contributed by atoms with Crippen molar-refractivity contribution in [3.8, 4) is 5.75 Å². The van der Waals surface area contributed by atoms with Crippen LogP contribution in [0.1, 0.15) is 25.0 Å². The van der Waals surface area contributed by atoms with E-state index < -0.39 is 17.4 Å². The number of halogens is 1. The monoisotopic (exact) mass is 453 g/mol. The van der Waals surface area contributed by atoms with Gasteiger partial charge in [-0.15, -0.1) is 0 Å². The highest BCUT2D eigenvalue weighted by molar-refractivity contribution is 6.35. The molecule has 3 aliphatic rings. The molecule has 2 N–H and O–H groups in total. The Kier molecular flexibility index (Phi) is 4.80. The Morgan fingerprint density at radius 1 is 1.09 bits per heavy atom. The van der Waals surface area contributed by atoms with Crippen LogP contribution in [0.25, 0.3) is 0 Å². The molecule has 4 atom stereocenters. The molecule has 0 unspecified atom stereocenters. The lowest BCUT2D eigenvalue weighted by molar-refractivity contribution is -0.143. The number of amides is 3. The van der Waals surface area contributed by atoms with Crippen molar-refractivity contribution in [3.63, 3.8) is 0 Å². The quantitative estimate of drug-likeness (QED) is 0.695. The number of rotatable bonds is 4. The van der Waals surface area contributed by atoms with E-state index in [1.54, 1.807) is 37.4 Å². The Hall–Kier alpha value is -2.90. The third kappa shape index (κ3) is 2.74. The second kappa shape index (κ2) is 7.32. The number of anilines is 1. The van der Waals surface area contributed by atoms with E-state index in [4.69, 9.17) is 16.3 Å². The first-order valence-electron chi connectivity index (χ1n) is 10.7. The summed E-state index contributed by atoms with van der Waals surface area (Å²) >= 11 is 6.35. The minimum Gasteiger partial charge on any atom is -0.497 e. The summed E-state index contributed by atoms with van der Waals surface area (Å²) in [6.45, 7) is 4.13. The predicted molar refractivity (Wildman–Crippen MR) is 119 cm³/mol. The minimum absolute atomic E-state index is 0.0376. The molecule has 3 heterocycles. The van der Waals surface area contributed by atoms with Gasteiger partial charge >= 0.3 is 0 Å². The molecule has 166 valence electrons. The molecule has 0 bridgehead atoms. The molecule has 8 heteroatoms. The fourth-order valence-electron chi connectivity index (χ4n) is 5.43. The number of carbonyl (C=O) groups is 3. The van der Waals surface area contributed by atoms with Crippen molar-refractivity contribution in [3.05, 3.63) is 58.6 Å². The molecular formula is C24H24ClN3O4. The first-order chi connectivity index (χ1) is 15.3. The smallest absolute Gasteiger partial charge is 0.250 e. The Labute approximate surface area is 191 Å². The van der Waals surface area contributed by atoms with Gasteiger partial charge in [-0.3, -0.25) is 24.6 Å². The molecule has 0 aliphatic carbocycles. The Balaban J connectivity index is 1.58. The van der Waals surface area contributed by atoms with Crippen LogP contribution in [-0.4, -0.2) is 35.8 Å². The van der Waals surface area contributed by atoms with Crippen LogP contribution in [0.2, 0.25) is 5.02 Å². The number of methoxy groups -OCH3 is 1. The van der Waals surface area contributed by atoms with E-state index in [0.717, 1.165) is 5.56 Å². The van der Waals surface area contributed by atoms with Crippen LogP contribution in [0.4, 0.5) is 5.69 Å². The molecule has 3 amide bonds. The van der Waals surface area contributed by atoms with Crippen LogP contribution >= 0.6 is 11.6 Å². The van der Waals surface area contributed by atoms with E-state index in [0.29, 0.717) is 22.0 Å². The number of nitrogens with zero attached hydrogens (tertiary/aromatic N) is 1. The molecule has 2 aromatic carbocycles. The lowest BCUT2D eigenvalue weighted by Gasteiger charge is -2.30. The number of likely N-dealkylation sites (tertiary alicyclic amines) is 1. The maximum absolute atomic E-state index is 13.7. The van der Waals surface area contributed by atoms with E-state index >= 15 is 0 Å². The Morgan fingerprint density at radius 3 is 2.47 bits per heavy atom. The number of benzene rings is 2. The zero-order valence-electron chi connectivity index (χ0n) is 18.0. The molecule has 0 aromatic heterocycles. The number of carbonyl (C=O) groups excluding carboxylic acids is 3. The normalized spacial score (nSPS) is 28.5. The highest BCUT2D eigenvalue weighted by Gasteiger charge is 2.70. The molecule has 0 saturated carbocycles. The molecule has 2 fully saturated rings. The van der Waals surface area contributed by atoms with E-state index in [1.165, 1.54) is 4.90 Å². The van der Waals surface area contributed by atoms with E-state index in [2.05, 4.69) is 10.6 Å². The molecule has 3 aliphatic heterocycles. The zero-order valence-corrected chi connectivity index (χ0v) is 18.8. The van der Waals surface area contributed by atoms with Crippen LogP contribution in [-0.2, 0) is 26.5 Å². The van der Waals surface area contributed by atoms with Gasteiger partial charge in [-0.1, -0.05) is 49.7 Å². The lowest BCUT2D eigenvalue weighted by Crippen LogP contribution is -2.53. The van der Waals surface area contributed by atoms with Crippen molar-refractivity contribution in [2.45, 2.75) is 32.0 Å². The third-order valence-corrected chi connectivity index (χ3v) is 7.26. The topological polar surface area (TPSA) is 87.7 Å². The van der Waals surface area contributed by atoms with Crippen LogP contribution in [0.3, 0.4) is 0 Å². The van der Waals surface area contributed by atoms with Crippen LogP contribution in [0.5, 0.6) is 5.75 Å². The maximum Gasteiger partial charge on any atom is 0.250 e. The summed E-state index contributed by atoms with van der Waals surface area (Å²) in [5.41, 5.74) is 0.625. The lowest BCUT2D eigenvalue weighted by atomic mass is 9.76. The van der Waals surface area contributed by atoms with Crippen LogP contribution in [0.15, 0.2) is 42.5 Å². The van der Waals surface area contributed by atoms with Gasteiger partial charge in [0.15, 0.2) is 0 Å². The fraction of sp³-hybridized carbons (Fsp3) is 0.375. The third-order valence-electron chi connectivity index (χ3n) is 6.94. The molecule has 5 rings (SSSR count). The fourth-order valence-corrected chi connectivity index (χ4v) is 5.65. The van der Waals surface area contributed by atoms with Gasteiger partial charge in [0.25, 0.3) is 0 Å². The predicted octanol–water partition coefficient (Wildman–Crippen LogP) is 2.93. The minimum atomic E-state index is -1.32. The second-order valence-corrected chi connectivity index (χ2v) is 9.36. The van der Waals surface area contributed by atoms with E-state index in [1.807, 2.05) is 26.0 Å². The van der Waals surface area contributed by atoms with Crippen molar-refractivity contribution in [1.29, 1.82) is 0 Å². The van der Waals surface area contributed by atoms with Crippen molar-refractivity contribution in [2.24, 2.45) is 17.8 Å². The number of fused-ring (bicyclic) bond motifs is 4. The van der Waals surface area contributed by atoms with Gasteiger partial charge < -0.3 is 10.1 Å². The van der Waals surface area contributed by atoms with Gasteiger partial charge in [0.2, 0.25) is 17.7 Å². The average molecular weight is 454 g/mol. The summed E-state index contributed by atoms with van der Waals surface area (Å²) in [7, 11) is 1.58. The van der Waals surface area contributed by atoms with E-state index in [9.17, 15) is 14.4 Å². The zero-order chi connectivity index (χ0) is 22.8. The van der Waals surface area contributed by atoms with Gasteiger partial charge in [-0.2, -0.15) is 0 Å². The average Bonchev–Trinajstić information content (AvgIpc) is 3.36. The number of para-hydroxylation sites is 1. The number of nitrogens with one attached hydrogen (secondary N) is 2. The van der Waals surface area contributed by atoms with Crippen molar-refractivity contribution >= 4 is 35.0 Å². The largest absolute Gasteiger partial charge is 0.497 e. The second-order valence-electron chi connectivity index (χ2n) is 8.95. The van der Waals surface area contributed by atoms with Gasteiger partial charge in [0.05, 0.1) is 36.2 Å². The summed E-state index contributed by atoms with van der Waals surface area (Å²) in [5.74, 6) is -1.65. The Morgan fingerprint density at radius 2 is 1.81 bits per heavy atom. The molecule has 7 nitrogen and oxygen atoms in total. The summed E-state index contributed by atoms with van der Waals surface area (Å²) in [6.07, 6.45) is 0. The summed E-state index contributed by atoms with van der Waals surface area (Å²) < 4.78 is 5.19. The standard InChI is InChI=1S/C24H24ClN3O4/c1-12(2)19-17-18(24(27-19)15-5-4-6-16(25)20(15)26-23(24)31)22(30)28(21(17)29)11-13-7-9-14(32-3)10-8-13/h4-10,12,17-19,27H,11H2,1-3H3,(H,26,31)/t17-,18+,19-,24-/m0/s1. The number of ether oxygens (including phenoxy) is 1.